The molecule has 1 aliphatic heterocycles. The number of nitrogens with one attached hydrogen (secondary N) is 1. The van der Waals surface area contributed by atoms with Crippen LogP contribution in [0.15, 0.2) is 48.5 Å². The van der Waals surface area contributed by atoms with Crippen molar-refractivity contribution in [3.63, 3.8) is 0 Å². The van der Waals surface area contributed by atoms with Gasteiger partial charge in [-0.05, 0) is 48.2 Å². The molecule has 2 aromatic rings. The molecule has 0 aliphatic carbocycles. The van der Waals surface area contributed by atoms with Crippen molar-refractivity contribution in [2.75, 3.05) is 37.8 Å². The summed E-state index contributed by atoms with van der Waals surface area (Å²) in [6.45, 7) is 0.252. The largest absolute Gasteiger partial charge is 0.395 e. The Morgan fingerprint density at radius 2 is 1.83 bits per heavy atom. The third-order valence-electron chi connectivity index (χ3n) is 5.33. The number of benzene rings is 2. The molecular weight excluding hydrogens is 409 g/mol. The smallest absolute Gasteiger partial charge is 0.321 e. The summed E-state index contributed by atoms with van der Waals surface area (Å²) in [6.07, 6.45) is 1.07. The molecule has 1 heterocycles. The summed E-state index contributed by atoms with van der Waals surface area (Å²) in [5, 5.41) is 11.7. The Balaban J connectivity index is 1.56. The fraction of sp³-hybridized carbons (Fsp3) is 0.381. The number of piperidine rings is 1. The van der Waals surface area contributed by atoms with Crippen LogP contribution in [0.25, 0.3) is 11.1 Å². The number of hydrogen-bond acceptors (Lipinski definition) is 4. The maximum Gasteiger partial charge on any atom is 0.321 e. The first kappa shape index (κ1) is 22.2. The zero-order valence-electron chi connectivity index (χ0n) is 16.8. The van der Waals surface area contributed by atoms with Crippen LogP contribution in [0.1, 0.15) is 12.8 Å². The molecule has 162 valence electrons. The van der Waals surface area contributed by atoms with E-state index in [-0.39, 0.29) is 23.6 Å². The van der Waals surface area contributed by atoms with Gasteiger partial charge in [0.2, 0.25) is 10.0 Å². The molecule has 2 N–H and O–H groups in total. The molecule has 0 saturated carbocycles. The van der Waals surface area contributed by atoms with Gasteiger partial charge < -0.3 is 15.3 Å². The number of urea groups is 1. The van der Waals surface area contributed by atoms with Crippen molar-refractivity contribution >= 4 is 21.7 Å². The van der Waals surface area contributed by atoms with E-state index < -0.39 is 16.6 Å². The van der Waals surface area contributed by atoms with E-state index in [4.69, 9.17) is 5.11 Å². The fourth-order valence-corrected chi connectivity index (χ4v) is 4.80. The number of carbonyl (C=O) groups excluding carboxylic acids is 1. The van der Waals surface area contributed by atoms with E-state index in [9.17, 15) is 17.6 Å². The van der Waals surface area contributed by atoms with Crippen LogP contribution in [0.3, 0.4) is 0 Å². The minimum atomic E-state index is -3.44. The molecule has 1 saturated heterocycles. The molecular formula is C21H26FN3O4S. The van der Waals surface area contributed by atoms with Crippen molar-refractivity contribution in [2.45, 2.75) is 18.9 Å². The molecule has 0 spiro atoms. The number of aliphatic hydroxyl groups is 1. The topological polar surface area (TPSA) is 90.0 Å². The normalized spacial score (nSPS) is 15.7. The maximum atomic E-state index is 13.4. The van der Waals surface area contributed by atoms with Gasteiger partial charge in [0.25, 0.3) is 0 Å². The second-order valence-electron chi connectivity index (χ2n) is 7.30. The fourth-order valence-electron chi connectivity index (χ4n) is 3.54. The monoisotopic (exact) mass is 435 g/mol. The van der Waals surface area contributed by atoms with Gasteiger partial charge in [-0.1, -0.05) is 24.3 Å². The molecule has 1 aliphatic rings. The van der Waals surface area contributed by atoms with Crippen molar-refractivity contribution < 1.29 is 22.7 Å². The molecule has 30 heavy (non-hydrogen) atoms. The summed E-state index contributed by atoms with van der Waals surface area (Å²) in [4.78, 5) is 14.2. The third-order valence-corrected chi connectivity index (χ3v) is 7.18. The summed E-state index contributed by atoms with van der Waals surface area (Å²) in [5.41, 5.74) is 2.22. The number of rotatable bonds is 6. The van der Waals surface area contributed by atoms with Gasteiger partial charge in [-0.15, -0.1) is 0 Å². The number of sulfonamides is 1. The van der Waals surface area contributed by atoms with Crippen molar-refractivity contribution in [1.82, 2.24) is 9.21 Å². The average molecular weight is 436 g/mol. The summed E-state index contributed by atoms with van der Waals surface area (Å²) in [6, 6.07) is 13.1. The van der Waals surface area contributed by atoms with Gasteiger partial charge in [-0.2, -0.15) is 0 Å². The molecule has 0 bridgehead atoms. The SMILES string of the molecule is CN(C(=O)Nc1ccc(-c2cccc(F)c2)cc1)C1CCN(S(=O)(=O)CCO)CC1. The molecule has 0 unspecified atom stereocenters. The molecule has 1 fully saturated rings. The Hall–Kier alpha value is -2.49. The van der Waals surface area contributed by atoms with Gasteiger partial charge in [0, 0.05) is 31.9 Å². The maximum absolute atomic E-state index is 13.4. The first-order chi connectivity index (χ1) is 14.3. The van der Waals surface area contributed by atoms with Crippen LogP contribution < -0.4 is 5.32 Å². The quantitative estimate of drug-likeness (QED) is 0.730. The number of anilines is 1. The van der Waals surface area contributed by atoms with Crippen molar-refractivity contribution in [1.29, 1.82) is 0 Å². The molecule has 0 atom stereocenters. The lowest BCUT2D eigenvalue weighted by molar-refractivity contribution is 0.173. The van der Waals surface area contributed by atoms with E-state index in [0.29, 0.717) is 31.6 Å². The van der Waals surface area contributed by atoms with Crippen molar-refractivity contribution in [3.05, 3.63) is 54.3 Å². The second-order valence-corrected chi connectivity index (χ2v) is 9.39. The van der Waals surface area contributed by atoms with Crippen LogP contribution in [0.5, 0.6) is 0 Å². The van der Waals surface area contributed by atoms with Crippen LogP contribution in [0, 0.1) is 5.82 Å². The zero-order valence-corrected chi connectivity index (χ0v) is 17.6. The van der Waals surface area contributed by atoms with Gasteiger partial charge in [-0.3, -0.25) is 0 Å². The van der Waals surface area contributed by atoms with E-state index in [2.05, 4.69) is 5.32 Å². The minimum Gasteiger partial charge on any atom is -0.395 e. The molecule has 0 radical (unpaired) electrons. The summed E-state index contributed by atoms with van der Waals surface area (Å²) >= 11 is 0. The summed E-state index contributed by atoms with van der Waals surface area (Å²) in [5.74, 6) is -0.582. The van der Waals surface area contributed by atoms with Crippen molar-refractivity contribution in [3.8, 4) is 11.1 Å². The van der Waals surface area contributed by atoms with Gasteiger partial charge >= 0.3 is 6.03 Å². The number of amides is 2. The van der Waals surface area contributed by atoms with E-state index in [1.165, 1.54) is 16.4 Å². The molecule has 2 aromatic carbocycles. The predicted octanol–water partition coefficient (Wildman–Crippen LogP) is 2.74. The number of carbonyl (C=O) groups is 1. The summed E-state index contributed by atoms with van der Waals surface area (Å²) < 4.78 is 38.8. The van der Waals surface area contributed by atoms with E-state index >= 15 is 0 Å². The van der Waals surface area contributed by atoms with Gasteiger partial charge in [0.05, 0.1) is 12.4 Å². The molecule has 3 rings (SSSR count). The van der Waals surface area contributed by atoms with Crippen LogP contribution in [0.2, 0.25) is 0 Å². The molecule has 2 amide bonds. The Morgan fingerprint density at radius 3 is 2.43 bits per heavy atom. The highest BCUT2D eigenvalue weighted by Gasteiger charge is 2.30. The van der Waals surface area contributed by atoms with E-state index in [1.807, 2.05) is 18.2 Å². The molecule has 0 aromatic heterocycles. The lowest BCUT2D eigenvalue weighted by Crippen LogP contribution is -2.48. The average Bonchev–Trinajstić information content (AvgIpc) is 2.74. The van der Waals surface area contributed by atoms with Crippen LogP contribution in [-0.4, -0.2) is 67.3 Å². The Morgan fingerprint density at radius 1 is 1.17 bits per heavy atom. The Kier molecular flexibility index (Phi) is 7.06. The Bertz CT molecular complexity index is 974. The second kappa shape index (κ2) is 9.55. The minimum absolute atomic E-state index is 0.0721. The van der Waals surface area contributed by atoms with E-state index in [1.54, 1.807) is 30.1 Å². The highest BCUT2D eigenvalue weighted by atomic mass is 32.2. The molecule has 9 heteroatoms. The highest BCUT2D eigenvalue weighted by Crippen LogP contribution is 2.23. The van der Waals surface area contributed by atoms with E-state index in [0.717, 1.165) is 11.1 Å². The lowest BCUT2D eigenvalue weighted by Gasteiger charge is -2.36. The number of aliphatic hydroxyl groups excluding tert-OH is 1. The van der Waals surface area contributed by atoms with Crippen LogP contribution in [0.4, 0.5) is 14.9 Å². The molecule has 7 nitrogen and oxygen atoms in total. The predicted molar refractivity (Wildman–Crippen MR) is 114 cm³/mol. The van der Waals surface area contributed by atoms with Crippen LogP contribution in [-0.2, 0) is 10.0 Å². The van der Waals surface area contributed by atoms with Gasteiger partial charge in [0.15, 0.2) is 0 Å². The number of nitrogens with zero attached hydrogens (tertiary/aromatic N) is 2. The highest BCUT2D eigenvalue weighted by molar-refractivity contribution is 7.89. The number of halogens is 1. The first-order valence-electron chi connectivity index (χ1n) is 9.78. The zero-order chi connectivity index (χ0) is 21.7. The van der Waals surface area contributed by atoms with Crippen molar-refractivity contribution in [2.24, 2.45) is 0 Å². The third kappa shape index (κ3) is 5.35. The Labute approximate surface area is 176 Å². The number of hydrogen-bond donors (Lipinski definition) is 2. The van der Waals surface area contributed by atoms with Gasteiger partial charge in [0.1, 0.15) is 5.82 Å². The van der Waals surface area contributed by atoms with Gasteiger partial charge in [-0.25, -0.2) is 21.9 Å². The summed E-state index contributed by atoms with van der Waals surface area (Å²) in [7, 11) is -1.75. The van der Waals surface area contributed by atoms with Crippen LogP contribution >= 0.6 is 0 Å². The lowest BCUT2D eigenvalue weighted by atomic mass is 10.1. The standard InChI is InChI=1S/C21H26FN3O4S/c1-24(20-9-11-25(12-10-20)30(28,29)14-13-26)21(27)23-19-7-5-16(6-8-19)17-3-2-4-18(22)15-17/h2-8,15,20,26H,9-14H2,1H3,(H,23,27). The first-order valence-corrected chi connectivity index (χ1v) is 11.4.